The number of anilines is 1. The lowest BCUT2D eigenvalue weighted by atomic mass is 9.98. The topological polar surface area (TPSA) is 99.6 Å². The zero-order chi connectivity index (χ0) is 19.4. The first kappa shape index (κ1) is 18.5. The first-order valence-electron chi connectivity index (χ1n) is 8.77. The number of amides is 1. The fourth-order valence-corrected chi connectivity index (χ4v) is 3.42. The predicted octanol–water partition coefficient (Wildman–Crippen LogP) is 2.95. The second-order valence-electron chi connectivity index (χ2n) is 6.50. The Balaban J connectivity index is 1.76. The molecule has 1 heterocycles. The van der Waals surface area contributed by atoms with Gasteiger partial charge in [0.15, 0.2) is 0 Å². The molecule has 2 aromatic rings. The molecule has 3 rings (SSSR count). The molecule has 1 amide bonds. The van der Waals surface area contributed by atoms with Gasteiger partial charge in [0, 0.05) is 47.8 Å². The number of hydrogen-bond donors (Lipinski definition) is 3. The van der Waals surface area contributed by atoms with Gasteiger partial charge in [-0.05, 0) is 42.7 Å². The van der Waals surface area contributed by atoms with Crippen molar-refractivity contribution in [2.45, 2.75) is 12.8 Å². The number of nitrogens with two attached hydrogens (primary N) is 1. The molecule has 1 fully saturated rings. The minimum absolute atomic E-state index is 0.00301. The lowest BCUT2D eigenvalue weighted by molar-refractivity contribution is -0.120. The number of aromatic hydroxyl groups is 1. The van der Waals surface area contributed by atoms with E-state index >= 15 is 0 Å². The molecular weight excluding hydrogens is 342 g/mol. The van der Waals surface area contributed by atoms with Crippen LogP contribution in [0.15, 0.2) is 48.7 Å². The summed E-state index contributed by atoms with van der Waals surface area (Å²) in [4.78, 5) is 14.6. The number of ether oxygens (including phenoxy) is 1. The summed E-state index contributed by atoms with van der Waals surface area (Å²) in [5, 5.41) is 17.6. The Bertz CT molecular complexity index is 892. The van der Waals surface area contributed by atoms with Crippen LogP contribution in [0.4, 0.5) is 5.69 Å². The van der Waals surface area contributed by atoms with Gasteiger partial charge >= 0.3 is 0 Å². The maximum atomic E-state index is 12.9. The molecule has 27 heavy (non-hydrogen) atoms. The van der Waals surface area contributed by atoms with Crippen molar-refractivity contribution < 1.29 is 14.6 Å². The largest absolute Gasteiger partial charge is 0.507 e. The van der Waals surface area contributed by atoms with E-state index in [4.69, 9.17) is 15.9 Å². The maximum Gasteiger partial charge on any atom is 0.230 e. The van der Waals surface area contributed by atoms with Crippen LogP contribution in [-0.2, 0) is 11.2 Å². The summed E-state index contributed by atoms with van der Waals surface area (Å²) in [6, 6.07) is 12.8. The molecule has 1 saturated heterocycles. The van der Waals surface area contributed by atoms with E-state index < -0.39 is 0 Å². The van der Waals surface area contributed by atoms with Crippen molar-refractivity contribution >= 4 is 23.4 Å². The van der Waals surface area contributed by atoms with Crippen LogP contribution in [-0.4, -0.2) is 30.9 Å². The van der Waals surface area contributed by atoms with Crippen molar-refractivity contribution in [3.05, 3.63) is 59.8 Å². The SMILES string of the molecule is COc1cccc(CC2CCN(c3ccc(/C(C=N)=C/N)c(O)c3)C2=O)c1. The third-order valence-electron chi connectivity index (χ3n) is 4.87. The summed E-state index contributed by atoms with van der Waals surface area (Å²) in [5.74, 6) is 0.730. The first-order chi connectivity index (χ1) is 13.1. The second-order valence-corrected chi connectivity index (χ2v) is 6.50. The fourth-order valence-electron chi connectivity index (χ4n) is 3.42. The van der Waals surface area contributed by atoms with Gasteiger partial charge in [-0.3, -0.25) is 4.79 Å². The van der Waals surface area contributed by atoms with Gasteiger partial charge in [-0.2, -0.15) is 0 Å². The van der Waals surface area contributed by atoms with E-state index in [1.165, 1.54) is 6.20 Å². The first-order valence-corrected chi connectivity index (χ1v) is 8.77. The van der Waals surface area contributed by atoms with E-state index in [0.717, 1.165) is 23.9 Å². The Morgan fingerprint density at radius 2 is 2.19 bits per heavy atom. The quantitative estimate of drug-likeness (QED) is 0.685. The molecule has 0 radical (unpaired) electrons. The van der Waals surface area contributed by atoms with Crippen LogP contribution < -0.4 is 15.4 Å². The number of hydrogen-bond acceptors (Lipinski definition) is 5. The molecule has 1 unspecified atom stereocenters. The molecule has 6 heteroatoms. The van der Waals surface area contributed by atoms with Gasteiger partial charge in [0.25, 0.3) is 0 Å². The van der Waals surface area contributed by atoms with Crippen molar-refractivity contribution in [1.29, 1.82) is 5.41 Å². The molecule has 0 aromatic heterocycles. The molecule has 140 valence electrons. The normalized spacial score (nSPS) is 17.2. The van der Waals surface area contributed by atoms with Gasteiger partial charge in [-0.1, -0.05) is 12.1 Å². The number of benzene rings is 2. The molecule has 1 aliphatic heterocycles. The number of phenols is 1. The molecule has 0 spiro atoms. The number of carbonyl (C=O) groups is 1. The third-order valence-corrected chi connectivity index (χ3v) is 4.87. The van der Waals surface area contributed by atoms with Gasteiger partial charge in [0.1, 0.15) is 11.5 Å². The van der Waals surface area contributed by atoms with Crippen molar-refractivity contribution in [3.8, 4) is 11.5 Å². The van der Waals surface area contributed by atoms with E-state index in [0.29, 0.717) is 29.8 Å². The van der Waals surface area contributed by atoms with E-state index in [1.54, 1.807) is 30.2 Å². The molecule has 1 atom stereocenters. The number of nitrogens with zero attached hydrogens (tertiary/aromatic N) is 1. The van der Waals surface area contributed by atoms with Gasteiger partial charge < -0.3 is 25.9 Å². The van der Waals surface area contributed by atoms with Crippen LogP contribution in [0, 0.1) is 11.3 Å². The molecule has 1 aliphatic rings. The molecule has 4 N–H and O–H groups in total. The molecule has 2 aromatic carbocycles. The zero-order valence-corrected chi connectivity index (χ0v) is 15.2. The lowest BCUT2D eigenvalue weighted by Gasteiger charge is -2.18. The summed E-state index contributed by atoms with van der Waals surface area (Å²) in [5.41, 5.74) is 8.08. The van der Waals surface area contributed by atoms with Crippen LogP contribution in [0.5, 0.6) is 11.5 Å². The number of rotatable bonds is 6. The number of phenolic OH excluding ortho intramolecular Hbond substituents is 1. The minimum Gasteiger partial charge on any atom is -0.507 e. The maximum absolute atomic E-state index is 12.9. The van der Waals surface area contributed by atoms with E-state index in [9.17, 15) is 9.90 Å². The number of methoxy groups -OCH3 is 1. The van der Waals surface area contributed by atoms with Crippen LogP contribution >= 0.6 is 0 Å². The average Bonchev–Trinajstić information content (AvgIpc) is 3.04. The van der Waals surface area contributed by atoms with Crippen LogP contribution in [0.2, 0.25) is 0 Å². The monoisotopic (exact) mass is 365 g/mol. The summed E-state index contributed by atoms with van der Waals surface area (Å²) < 4.78 is 5.25. The summed E-state index contributed by atoms with van der Waals surface area (Å²) in [6.07, 6.45) is 3.77. The lowest BCUT2D eigenvalue weighted by Crippen LogP contribution is -2.27. The van der Waals surface area contributed by atoms with Gasteiger partial charge in [0.05, 0.1) is 7.11 Å². The second kappa shape index (κ2) is 7.95. The highest BCUT2D eigenvalue weighted by Gasteiger charge is 2.32. The van der Waals surface area contributed by atoms with Crippen molar-refractivity contribution in [2.75, 3.05) is 18.6 Å². The van der Waals surface area contributed by atoms with Crippen LogP contribution in [0.25, 0.3) is 5.57 Å². The Labute approximate surface area is 158 Å². The van der Waals surface area contributed by atoms with Crippen LogP contribution in [0.3, 0.4) is 0 Å². The smallest absolute Gasteiger partial charge is 0.230 e. The van der Waals surface area contributed by atoms with E-state index in [1.807, 2.05) is 24.3 Å². The Kier molecular flexibility index (Phi) is 5.45. The van der Waals surface area contributed by atoms with Crippen molar-refractivity contribution in [1.82, 2.24) is 0 Å². The molecule has 0 bridgehead atoms. The molecule has 0 saturated carbocycles. The van der Waals surface area contributed by atoms with Crippen LogP contribution in [0.1, 0.15) is 17.5 Å². The standard InChI is InChI=1S/C21H23N3O3/c1-27-18-4-2-3-14(10-18)9-15-7-8-24(21(15)26)17-5-6-19(20(25)11-17)16(12-22)13-23/h2-6,10-13,15,22,25H,7-9,23H2,1H3/b16-13+,22-12?. The van der Waals surface area contributed by atoms with Gasteiger partial charge in [-0.15, -0.1) is 0 Å². The Hall–Kier alpha value is -3.28. The molecular formula is C21H23N3O3. The minimum atomic E-state index is -0.0972. The molecule has 0 aliphatic carbocycles. The van der Waals surface area contributed by atoms with Gasteiger partial charge in [0.2, 0.25) is 5.91 Å². The zero-order valence-electron chi connectivity index (χ0n) is 15.2. The summed E-state index contributed by atoms with van der Waals surface area (Å²) in [7, 11) is 1.63. The third kappa shape index (κ3) is 3.79. The van der Waals surface area contributed by atoms with Crippen molar-refractivity contribution in [3.63, 3.8) is 0 Å². The Morgan fingerprint density at radius 1 is 1.37 bits per heavy atom. The molecule has 6 nitrogen and oxygen atoms in total. The van der Waals surface area contributed by atoms with Crippen molar-refractivity contribution in [2.24, 2.45) is 11.7 Å². The highest BCUT2D eigenvalue weighted by molar-refractivity contribution is 6.09. The number of carbonyl (C=O) groups excluding carboxylic acids is 1. The van der Waals surface area contributed by atoms with E-state index in [2.05, 4.69) is 0 Å². The fraction of sp³-hybridized carbons (Fsp3) is 0.238. The highest BCUT2D eigenvalue weighted by Crippen LogP contribution is 2.33. The Morgan fingerprint density at radius 3 is 2.85 bits per heavy atom. The average molecular weight is 365 g/mol. The number of allylic oxidation sites excluding steroid dienone is 1. The summed E-state index contributed by atoms with van der Waals surface area (Å²) in [6.45, 7) is 0.608. The highest BCUT2D eigenvalue weighted by atomic mass is 16.5. The van der Waals surface area contributed by atoms with E-state index in [-0.39, 0.29) is 17.6 Å². The summed E-state index contributed by atoms with van der Waals surface area (Å²) >= 11 is 0. The van der Waals surface area contributed by atoms with Gasteiger partial charge in [-0.25, -0.2) is 0 Å². The predicted molar refractivity (Wildman–Crippen MR) is 106 cm³/mol. The number of nitrogens with one attached hydrogen (secondary N) is 1.